The Balaban J connectivity index is 1.75. The summed E-state index contributed by atoms with van der Waals surface area (Å²) >= 11 is 14.8. The van der Waals surface area contributed by atoms with Gasteiger partial charge in [0.25, 0.3) is 0 Å². The Hall–Kier alpha value is -0.440. The maximum absolute atomic E-state index is 12.3. The molecule has 0 N–H and O–H groups in total. The Morgan fingerprint density at radius 2 is 2.08 bits per heavy atom. The van der Waals surface area contributed by atoms with E-state index in [1.165, 1.54) is 0 Å². The van der Waals surface area contributed by atoms with Gasteiger partial charge in [0.2, 0.25) is 0 Å². The number of nitrogens with zero attached hydrogens (tertiary/aromatic N) is 2. The van der Waals surface area contributed by atoms with Crippen LogP contribution in [0.4, 0.5) is 4.79 Å². The Morgan fingerprint density at radius 1 is 1.36 bits per heavy atom. The first-order valence-corrected chi connectivity index (χ1v) is 10.0. The second-order valence-electron chi connectivity index (χ2n) is 7.34. The normalized spacial score (nSPS) is 21.0. The number of fused-ring (bicyclic) bond motifs is 2. The number of carbonyl (C=O) groups excluding carboxylic acids is 1. The van der Waals surface area contributed by atoms with Crippen LogP contribution in [0.15, 0.2) is 6.07 Å². The maximum Gasteiger partial charge on any atom is 0.410 e. The van der Waals surface area contributed by atoms with Crippen LogP contribution in [0.2, 0.25) is 10.0 Å². The zero-order chi connectivity index (χ0) is 18.4. The van der Waals surface area contributed by atoms with Crippen molar-refractivity contribution in [1.29, 1.82) is 0 Å². The molecule has 1 saturated heterocycles. The van der Waals surface area contributed by atoms with Crippen molar-refractivity contribution in [2.45, 2.75) is 39.0 Å². The molecule has 2 heterocycles. The average Bonchev–Trinajstić information content (AvgIpc) is 2.69. The highest BCUT2D eigenvalue weighted by atomic mass is 127. The van der Waals surface area contributed by atoms with Crippen molar-refractivity contribution < 1.29 is 14.3 Å². The minimum atomic E-state index is -0.495. The van der Waals surface area contributed by atoms with Crippen molar-refractivity contribution in [2.24, 2.45) is 0 Å². The third-order valence-electron chi connectivity index (χ3n) is 4.24. The number of amides is 1. The van der Waals surface area contributed by atoms with Crippen LogP contribution in [0.25, 0.3) is 0 Å². The molecule has 1 aromatic rings. The molecule has 0 spiro atoms. The van der Waals surface area contributed by atoms with E-state index in [4.69, 9.17) is 32.7 Å². The number of ether oxygens (including phenoxy) is 2. The Morgan fingerprint density at radius 3 is 2.76 bits per heavy atom. The summed E-state index contributed by atoms with van der Waals surface area (Å²) in [7, 11) is 0. The van der Waals surface area contributed by atoms with Gasteiger partial charge in [-0.05, 0) is 49.4 Å². The lowest BCUT2D eigenvalue weighted by Crippen LogP contribution is -2.56. The van der Waals surface area contributed by atoms with Crippen LogP contribution in [-0.2, 0) is 11.3 Å². The molecule has 0 bridgehead atoms. The van der Waals surface area contributed by atoms with Gasteiger partial charge in [0, 0.05) is 31.7 Å². The molecule has 2 aliphatic heterocycles. The van der Waals surface area contributed by atoms with Gasteiger partial charge in [-0.1, -0.05) is 23.2 Å². The van der Waals surface area contributed by atoms with E-state index in [2.05, 4.69) is 27.5 Å². The van der Waals surface area contributed by atoms with Crippen LogP contribution < -0.4 is 4.74 Å². The summed E-state index contributed by atoms with van der Waals surface area (Å²) in [6, 6.07) is 2.02. The van der Waals surface area contributed by atoms with E-state index in [9.17, 15) is 4.79 Å². The first-order valence-electron chi connectivity index (χ1n) is 8.17. The number of benzene rings is 1. The number of hydrogen-bond acceptors (Lipinski definition) is 4. The first-order chi connectivity index (χ1) is 11.7. The molecule has 3 rings (SSSR count). The van der Waals surface area contributed by atoms with E-state index in [1.54, 1.807) is 4.90 Å². The Labute approximate surface area is 171 Å². The zero-order valence-electron chi connectivity index (χ0n) is 14.4. The zero-order valence-corrected chi connectivity index (χ0v) is 18.1. The lowest BCUT2D eigenvalue weighted by atomic mass is 10.1. The molecule has 25 heavy (non-hydrogen) atoms. The van der Waals surface area contributed by atoms with Crippen LogP contribution in [0, 0.1) is 3.57 Å². The summed E-state index contributed by atoms with van der Waals surface area (Å²) in [5.74, 6) is 0.702. The molecule has 0 unspecified atom stereocenters. The maximum atomic E-state index is 12.3. The van der Waals surface area contributed by atoms with Crippen LogP contribution >= 0.6 is 45.8 Å². The monoisotopic (exact) mass is 498 g/mol. The lowest BCUT2D eigenvalue weighted by molar-refractivity contribution is -0.00154. The van der Waals surface area contributed by atoms with E-state index in [0.29, 0.717) is 42.0 Å². The third-order valence-corrected chi connectivity index (χ3v) is 6.66. The molecule has 2 aliphatic rings. The highest BCUT2D eigenvalue weighted by molar-refractivity contribution is 14.1. The highest BCUT2D eigenvalue weighted by Crippen LogP contribution is 2.40. The van der Waals surface area contributed by atoms with Crippen LogP contribution in [0.3, 0.4) is 0 Å². The van der Waals surface area contributed by atoms with Crippen molar-refractivity contribution >= 4 is 51.9 Å². The van der Waals surface area contributed by atoms with E-state index < -0.39 is 5.60 Å². The Bertz CT molecular complexity index is 693. The second-order valence-corrected chi connectivity index (χ2v) is 9.20. The fraction of sp³-hybridized carbons (Fsp3) is 0.588. The number of halogens is 3. The number of rotatable bonds is 0. The van der Waals surface area contributed by atoms with Gasteiger partial charge in [0.15, 0.2) is 0 Å². The van der Waals surface area contributed by atoms with Gasteiger partial charge in [-0.3, -0.25) is 4.90 Å². The van der Waals surface area contributed by atoms with E-state index in [-0.39, 0.29) is 12.1 Å². The van der Waals surface area contributed by atoms with Gasteiger partial charge in [0.1, 0.15) is 18.0 Å². The van der Waals surface area contributed by atoms with Crippen molar-refractivity contribution in [1.82, 2.24) is 9.80 Å². The van der Waals surface area contributed by atoms with Crippen LogP contribution in [0.5, 0.6) is 5.75 Å². The van der Waals surface area contributed by atoms with Gasteiger partial charge >= 0.3 is 6.09 Å². The molecular weight excluding hydrogens is 478 g/mol. The number of carbonyl (C=O) groups is 1. The molecule has 0 aliphatic carbocycles. The highest BCUT2D eigenvalue weighted by Gasteiger charge is 2.35. The molecule has 0 aromatic heterocycles. The van der Waals surface area contributed by atoms with Gasteiger partial charge in [0.05, 0.1) is 19.7 Å². The van der Waals surface area contributed by atoms with Crippen molar-refractivity contribution in [3.05, 3.63) is 25.2 Å². The topological polar surface area (TPSA) is 42.0 Å². The van der Waals surface area contributed by atoms with E-state index >= 15 is 0 Å². The summed E-state index contributed by atoms with van der Waals surface area (Å²) in [4.78, 5) is 16.4. The molecule has 138 valence electrons. The Kier molecular flexibility index (Phi) is 5.63. The summed E-state index contributed by atoms with van der Waals surface area (Å²) in [6.45, 7) is 8.77. The minimum Gasteiger partial charge on any atom is -0.490 e. The molecule has 0 radical (unpaired) electrons. The average molecular weight is 499 g/mol. The van der Waals surface area contributed by atoms with Crippen molar-refractivity contribution in [3.8, 4) is 5.75 Å². The molecular formula is C17H21Cl2IN2O3. The molecule has 1 amide bonds. The summed E-state index contributed by atoms with van der Waals surface area (Å²) in [5.41, 5.74) is 0.495. The summed E-state index contributed by atoms with van der Waals surface area (Å²) in [6.07, 6.45) is -0.274. The SMILES string of the molecule is CC(C)(C)OC(=O)N1CCN2Cc3cc(Cl)c(I)c(Cl)c3OC[C@H]2C1. The fourth-order valence-corrected chi connectivity index (χ4v) is 4.00. The standard InChI is InChI=1S/C17H21Cl2IN2O3/c1-17(2,3)25-16(23)22-5-4-21-7-10-6-12(18)14(20)13(19)15(10)24-9-11(21)8-22/h6,11H,4-5,7-9H2,1-3H3/t11-/m1/s1. The van der Waals surface area contributed by atoms with E-state index in [1.807, 2.05) is 26.8 Å². The molecule has 0 saturated carbocycles. The molecule has 1 fully saturated rings. The summed E-state index contributed by atoms with van der Waals surface area (Å²) < 4.78 is 12.3. The number of hydrogen-bond donors (Lipinski definition) is 0. The van der Waals surface area contributed by atoms with Crippen LogP contribution in [-0.4, -0.2) is 53.8 Å². The van der Waals surface area contributed by atoms with Gasteiger partial charge in [-0.25, -0.2) is 4.79 Å². The van der Waals surface area contributed by atoms with Gasteiger partial charge in [-0.2, -0.15) is 0 Å². The van der Waals surface area contributed by atoms with Gasteiger partial charge < -0.3 is 14.4 Å². The minimum absolute atomic E-state index is 0.0983. The summed E-state index contributed by atoms with van der Waals surface area (Å²) in [5, 5.41) is 1.20. The smallest absolute Gasteiger partial charge is 0.410 e. The number of piperazine rings is 1. The first kappa shape index (κ1) is 19.3. The predicted octanol–water partition coefficient (Wildman–Crippen LogP) is 4.41. The quantitative estimate of drug-likeness (QED) is 0.392. The van der Waals surface area contributed by atoms with Gasteiger partial charge in [-0.15, -0.1) is 0 Å². The largest absolute Gasteiger partial charge is 0.490 e. The van der Waals surface area contributed by atoms with E-state index in [0.717, 1.165) is 15.7 Å². The second kappa shape index (κ2) is 7.29. The predicted molar refractivity (Wildman–Crippen MR) is 107 cm³/mol. The molecule has 8 heteroatoms. The lowest BCUT2D eigenvalue weighted by Gasteiger charge is -2.40. The van der Waals surface area contributed by atoms with Crippen LogP contribution in [0.1, 0.15) is 26.3 Å². The third kappa shape index (κ3) is 4.28. The molecule has 5 nitrogen and oxygen atoms in total. The molecule has 1 atom stereocenters. The van der Waals surface area contributed by atoms with Crippen molar-refractivity contribution in [2.75, 3.05) is 26.2 Å². The fourth-order valence-electron chi connectivity index (χ4n) is 3.05. The molecule has 1 aromatic carbocycles. The van der Waals surface area contributed by atoms with Crippen molar-refractivity contribution in [3.63, 3.8) is 0 Å².